The molecule has 0 spiro atoms. The van der Waals surface area contributed by atoms with Gasteiger partial charge in [0.05, 0.1) is 13.1 Å². The molecule has 0 fully saturated rings. The number of benzene rings is 1. The van der Waals surface area contributed by atoms with Gasteiger partial charge in [-0.1, -0.05) is 29.4 Å². The van der Waals surface area contributed by atoms with Gasteiger partial charge in [-0.05, 0) is 11.5 Å². The minimum absolute atomic E-state index is 0.0598. The summed E-state index contributed by atoms with van der Waals surface area (Å²) in [7, 11) is 0. The van der Waals surface area contributed by atoms with Crippen LogP contribution in [0.4, 0.5) is 0 Å². The maximum Gasteiger partial charge on any atom is 0.240 e. The zero-order valence-electron chi connectivity index (χ0n) is 11.1. The van der Waals surface area contributed by atoms with E-state index in [1.807, 2.05) is 30.3 Å². The lowest BCUT2D eigenvalue weighted by atomic mass is 10.1. The molecule has 0 radical (unpaired) electrons. The van der Waals surface area contributed by atoms with E-state index in [0.717, 1.165) is 10.8 Å². The minimum atomic E-state index is -0.439. The van der Waals surface area contributed by atoms with Gasteiger partial charge in [0.25, 0.3) is 0 Å². The third-order valence-electron chi connectivity index (χ3n) is 2.93. The van der Waals surface area contributed by atoms with E-state index < -0.39 is 5.91 Å². The van der Waals surface area contributed by atoms with Gasteiger partial charge in [-0.3, -0.25) is 15.1 Å². The fourth-order valence-electron chi connectivity index (χ4n) is 2.01. The van der Waals surface area contributed by atoms with Crippen LogP contribution in [0, 0.1) is 0 Å². The molecule has 1 amide bonds. The van der Waals surface area contributed by atoms with Crippen LogP contribution >= 0.6 is 0 Å². The van der Waals surface area contributed by atoms with Gasteiger partial charge >= 0.3 is 0 Å². The Morgan fingerprint density at radius 1 is 1.29 bits per heavy atom. The largest absolute Gasteiger partial charge is 0.369 e. The fraction of sp³-hybridized carbons (Fsp3) is 0.143. The Hall–Kier alpha value is -2.80. The molecule has 0 aliphatic carbocycles. The van der Waals surface area contributed by atoms with Gasteiger partial charge in [-0.2, -0.15) is 4.98 Å². The second-order valence-corrected chi connectivity index (χ2v) is 4.46. The van der Waals surface area contributed by atoms with Crippen molar-refractivity contribution in [1.82, 2.24) is 20.4 Å². The van der Waals surface area contributed by atoms with Crippen molar-refractivity contribution in [1.29, 1.82) is 0 Å². The Bertz CT molecular complexity index is 778. The van der Waals surface area contributed by atoms with Crippen molar-refractivity contribution in [2.24, 2.45) is 5.73 Å². The SMILES string of the molecule is NC(=O)CNCc1nc(-c2nccc3ccccc23)no1. The van der Waals surface area contributed by atoms with E-state index in [1.54, 1.807) is 6.20 Å². The number of primary amides is 1. The van der Waals surface area contributed by atoms with Crippen LogP contribution in [0.3, 0.4) is 0 Å². The number of pyridine rings is 1. The molecule has 0 atom stereocenters. The summed E-state index contributed by atoms with van der Waals surface area (Å²) in [6, 6.07) is 9.77. The van der Waals surface area contributed by atoms with Crippen LogP contribution in [0.2, 0.25) is 0 Å². The number of hydrogen-bond acceptors (Lipinski definition) is 6. The summed E-state index contributed by atoms with van der Waals surface area (Å²) in [5.41, 5.74) is 5.70. The highest BCUT2D eigenvalue weighted by Crippen LogP contribution is 2.23. The van der Waals surface area contributed by atoms with Gasteiger partial charge in [0.1, 0.15) is 5.69 Å². The molecule has 7 heteroatoms. The average Bonchev–Trinajstić information content (AvgIpc) is 2.95. The van der Waals surface area contributed by atoms with Crippen molar-refractivity contribution in [2.45, 2.75) is 6.54 Å². The lowest BCUT2D eigenvalue weighted by Gasteiger charge is -2.00. The molecule has 2 heterocycles. The molecule has 0 unspecified atom stereocenters. The number of nitrogens with two attached hydrogens (primary N) is 1. The van der Waals surface area contributed by atoms with Crippen LogP contribution in [0.15, 0.2) is 41.1 Å². The van der Waals surface area contributed by atoms with Gasteiger partial charge in [0.2, 0.25) is 17.6 Å². The highest BCUT2D eigenvalue weighted by Gasteiger charge is 2.12. The molecule has 0 saturated carbocycles. The number of hydrogen-bond donors (Lipinski definition) is 2. The van der Waals surface area contributed by atoms with Gasteiger partial charge in [0.15, 0.2) is 0 Å². The first-order chi connectivity index (χ1) is 10.2. The number of aromatic nitrogens is 3. The van der Waals surface area contributed by atoms with E-state index in [0.29, 0.717) is 17.4 Å². The highest BCUT2D eigenvalue weighted by molar-refractivity contribution is 5.92. The molecule has 3 rings (SSSR count). The molecule has 3 aromatic rings. The van der Waals surface area contributed by atoms with E-state index in [1.165, 1.54) is 0 Å². The second kappa shape index (κ2) is 5.68. The Morgan fingerprint density at radius 2 is 2.14 bits per heavy atom. The number of nitrogens with zero attached hydrogens (tertiary/aromatic N) is 3. The van der Waals surface area contributed by atoms with Gasteiger partial charge in [-0.25, -0.2) is 0 Å². The summed E-state index contributed by atoms with van der Waals surface area (Å²) in [5, 5.41) is 8.75. The topological polar surface area (TPSA) is 107 Å². The quantitative estimate of drug-likeness (QED) is 0.719. The molecular weight excluding hydrogens is 270 g/mol. The summed E-state index contributed by atoms with van der Waals surface area (Å²) in [4.78, 5) is 19.2. The number of amides is 1. The molecular formula is C14H13N5O2. The third kappa shape index (κ3) is 2.87. The summed E-state index contributed by atoms with van der Waals surface area (Å²) in [5.74, 6) is 0.356. The standard InChI is InChI=1S/C14H13N5O2/c15-11(20)7-16-8-12-18-14(19-21-12)13-10-4-2-1-3-9(10)5-6-17-13/h1-6,16H,7-8H2,(H2,15,20). The molecule has 0 saturated heterocycles. The number of carbonyl (C=O) groups is 1. The number of rotatable bonds is 5. The van der Waals surface area contributed by atoms with E-state index in [-0.39, 0.29) is 13.1 Å². The van der Waals surface area contributed by atoms with Crippen molar-refractivity contribution in [3.63, 3.8) is 0 Å². The number of nitrogens with one attached hydrogen (secondary N) is 1. The Labute approximate surface area is 120 Å². The van der Waals surface area contributed by atoms with E-state index in [9.17, 15) is 4.79 Å². The van der Waals surface area contributed by atoms with Crippen LogP contribution < -0.4 is 11.1 Å². The van der Waals surface area contributed by atoms with Crippen molar-refractivity contribution in [3.05, 3.63) is 42.4 Å². The van der Waals surface area contributed by atoms with Crippen molar-refractivity contribution >= 4 is 16.7 Å². The predicted molar refractivity (Wildman–Crippen MR) is 75.9 cm³/mol. The number of carbonyl (C=O) groups excluding carboxylic acids is 1. The zero-order chi connectivity index (χ0) is 14.7. The lowest BCUT2D eigenvalue weighted by molar-refractivity contribution is -0.117. The molecule has 0 bridgehead atoms. The smallest absolute Gasteiger partial charge is 0.240 e. The maximum atomic E-state index is 10.6. The molecule has 21 heavy (non-hydrogen) atoms. The Balaban J connectivity index is 1.86. The van der Waals surface area contributed by atoms with E-state index >= 15 is 0 Å². The zero-order valence-corrected chi connectivity index (χ0v) is 11.1. The molecule has 2 aromatic heterocycles. The molecule has 106 valence electrons. The molecule has 3 N–H and O–H groups in total. The molecule has 1 aromatic carbocycles. The fourth-order valence-corrected chi connectivity index (χ4v) is 2.01. The maximum absolute atomic E-state index is 10.6. The Morgan fingerprint density at radius 3 is 3.00 bits per heavy atom. The lowest BCUT2D eigenvalue weighted by Crippen LogP contribution is -2.28. The molecule has 0 aliphatic heterocycles. The first-order valence-electron chi connectivity index (χ1n) is 6.40. The summed E-state index contributed by atoms with van der Waals surface area (Å²) in [6.45, 7) is 0.338. The van der Waals surface area contributed by atoms with E-state index in [2.05, 4.69) is 20.4 Å². The van der Waals surface area contributed by atoms with Crippen LogP contribution in [-0.2, 0) is 11.3 Å². The highest BCUT2D eigenvalue weighted by atomic mass is 16.5. The summed E-state index contributed by atoms with van der Waals surface area (Å²) in [6.07, 6.45) is 1.71. The van der Waals surface area contributed by atoms with Crippen LogP contribution in [0.25, 0.3) is 22.3 Å². The van der Waals surface area contributed by atoms with Crippen molar-refractivity contribution in [3.8, 4) is 11.5 Å². The summed E-state index contributed by atoms with van der Waals surface area (Å²) >= 11 is 0. The average molecular weight is 283 g/mol. The molecule has 7 nitrogen and oxygen atoms in total. The Kier molecular flexibility index (Phi) is 3.57. The summed E-state index contributed by atoms with van der Waals surface area (Å²) < 4.78 is 5.13. The van der Waals surface area contributed by atoms with Crippen LogP contribution in [0.5, 0.6) is 0 Å². The van der Waals surface area contributed by atoms with E-state index in [4.69, 9.17) is 10.3 Å². The first-order valence-corrected chi connectivity index (χ1v) is 6.40. The predicted octanol–water partition coefficient (Wildman–Crippen LogP) is 0.860. The van der Waals surface area contributed by atoms with Crippen LogP contribution in [0.1, 0.15) is 5.89 Å². The third-order valence-corrected chi connectivity index (χ3v) is 2.93. The normalized spacial score (nSPS) is 10.9. The number of fused-ring (bicyclic) bond motifs is 1. The van der Waals surface area contributed by atoms with Gasteiger partial charge < -0.3 is 10.3 Å². The minimum Gasteiger partial charge on any atom is -0.369 e. The van der Waals surface area contributed by atoms with Crippen LogP contribution in [-0.4, -0.2) is 27.6 Å². The molecule has 0 aliphatic rings. The monoisotopic (exact) mass is 283 g/mol. The second-order valence-electron chi connectivity index (χ2n) is 4.46. The van der Waals surface area contributed by atoms with Gasteiger partial charge in [-0.15, -0.1) is 0 Å². The van der Waals surface area contributed by atoms with Crippen molar-refractivity contribution < 1.29 is 9.32 Å². The van der Waals surface area contributed by atoms with Gasteiger partial charge in [0, 0.05) is 11.6 Å². The first kappa shape index (κ1) is 13.2. The van der Waals surface area contributed by atoms with Crippen molar-refractivity contribution in [2.75, 3.05) is 6.54 Å².